The fraction of sp³-hybridized carbons (Fsp3) is 0.122. The Labute approximate surface area is 845 Å². The topological polar surface area (TPSA) is 95.2 Å². The van der Waals surface area contributed by atoms with Gasteiger partial charge in [-0.25, -0.2) is 144 Å². The van der Waals surface area contributed by atoms with E-state index < -0.39 is 281 Å². The van der Waals surface area contributed by atoms with Gasteiger partial charge in [0.05, 0.1) is 0 Å². The summed E-state index contributed by atoms with van der Waals surface area (Å²) in [6.07, 6.45) is -12.3. The van der Waals surface area contributed by atoms with Crippen molar-refractivity contribution < 1.29 is 142 Å². The molecule has 0 fully saturated rings. The molecule has 0 saturated carbocycles. The van der Waals surface area contributed by atoms with Crippen LogP contribution in [0.3, 0.4) is 0 Å². The summed E-state index contributed by atoms with van der Waals surface area (Å²) in [6, 6.07) is 88.3. The van der Waals surface area contributed by atoms with Crippen LogP contribution in [0.15, 0.2) is 260 Å². The van der Waals surface area contributed by atoms with Crippen LogP contribution in [-0.2, 0) is 0 Å². The minimum absolute atomic E-state index is 0. The van der Waals surface area contributed by atoms with E-state index in [1.54, 1.807) is 0 Å². The smallest absolute Gasteiger partial charge is 0.392 e. The maximum atomic E-state index is 14.5. The van der Waals surface area contributed by atoms with Gasteiger partial charge >= 0.3 is 12.7 Å². The summed E-state index contributed by atoms with van der Waals surface area (Å²) in [5.74, 6) is -89.0. The molecule has 146 heavy (non-hydrogen) atoms. The first-order valence-electron chi connectivity index (χ1n) is 42.8. The second-order valence-corrected chi connectivity index (χ2v) is 68.4. The molecule has 0 aliphatic heterocycles. The minimum Gasteiger partial charge on any atom is -0.681 e. The van der Waals surface area contributed by atoms with Gasteiger partial charge in [-0.05, 0) is 75.2 Å². The normalized spacial score (nSPS) is 12.2. The van der Waals surface area contributed by atoms with Gasteiger partial charge in [0.2, 0.25) is 0 Å². The summed E-state index contributed by atoms with van der Waals surface area (Å²) in [4.78, 5) is 0. The molecule has 14 rings (SSSR count). The molecule has 0 aliphatic rings. The van der Waals surface area contributed by atoms with Crippen molar-refractivity contribution in [2.24, 2.45) is 17.6 Å². The summed E-state index contributed by atoms with van der Waals surface area (Å²) in [5.41, 5.74) is -17.8. The first-order chi connectivity index (χ1) is 67.1. The molecule has 14 aromatic carbocycles. The van der Waals surface area contributed by atoms with E-state index in [9.17, 15) is 132 Å². The van der Waals surface area contributed by atoms with E-state index in [1.807, 2.05) is 0 Å². The summed E-state index contributed by atoms with van der Waals surface area (Å²) >= 11 is 0. The second-order valence-electron chi connectivity index (χ2n) is 36.4. The molecule has 0 spiro atoms. The zero-order valence-corrected chi connectivity index (χ0v) is 90.1. The van der Waals surface area contributed by atoms with Crippen LogP contribution in [0.1, 0.15) is 0 Å². The van der Waals surface area contributed by atoms with Gasteiger partial charge in [0, 0.05) is 35.2 Å². The number of nitrogens with zero attached hydrogens (tertiary/aromatic N) is 4. The molecular weight excluding hydrogens is 2240 g/mol. The Hall–Kier alpha value is -10.1. The first-order valence-corrected chi connectivity index (χ1v) is 63.8. The molecular formula is C98H82B2F30Ge2N4O2P4Si4-2. The molecule has 6 nitrogen and oxygen atoms in total. The van der Waals surface area contributed by atoms with Crippen molar-refractivity contribution in [2.75, 3.05) is 0 Å². The van der Waals surface area contributed by atoms with Crippen LogP contribution < -0.4 is 75.2 Å². The Balaban J connectivity index is 0.000000216. The fourth-order valence-electron chi connectivity index (χ4n) is 16.2. The zero-order valence-electron chi connectivity index (χ0n) is 78.3. The molecule has 0 heterocycles. The van der Waals surface area contributed by atoms with E-state index in [4.69, 9.17) is 27.7 Å². The van der Waals surface area contributed by atoms with E-state index in [0.29, 0.717) is 0 Å². The van der Waals surface area contributed by atoms with Crippen LogP contribution >= 0.6 is 28.2 Å². The van der Waals surface area contributed by atoms with Gasteiger partial charge in [-0.3, -0.25) is 0 Å². The molecule has 0 amide bonds. The molecule has 0 aliphatic carbocycles. The third-order valence-electron chi connectivity index (χ3n) is 21.8. The van der Waals surface area contributed by atoms with Gasteiger partial charge < -0.3 is 27.7 Å². The predicted molar refractivity (Wildman–Crippen MR) is 533 cm³/mol. The molecule has 0 saturated heterocycles. The SMILES string of the molecule is C[Si](C)(C)N=P([CH-]P(=N[Si](C)(C)C)(c1ccccc1)c1ccccc1)(c1ccccc1)c1ccccc1.C[Si](C)(C)N=P([CH-]P(=N[Si](C)(C)C)(c1ccccc1)c1ccccc1)(c1ccccc1)c1ccccc1.[Ge].[Ge].[OH2+][B-](c1c(F)c(F)c(F)c(F)c1F)(c1c(F)c(F)c(F)c(F)c1F)c1c(F)c(F)c(F)c(F)c1F.[OH2+][B-](c1c(F)c(F)c(F)c(F)c1F)(c1c(F)c(F)c(F)c(F)c1F)c1c(F)c(F)c(F)c(F)c1F. The van der Waals surface area contributed by atoms with Crippen molar-refractivity contribution in [1.29, 1.82) is 0 Å². The number of hydrogen-bond donors (Lipinski definition) is 0. The van der Waals surface area contributed by atoms with Crippen molar-refractivity contribution in [3.05, 3.63) is 429 Å². The summed E-state index contributed by atoms with van der Waals surface area (Å²) in [7, 11) is -16.8. The Morgan fingerprint density at radius 1 is 0.164 bits per heavy atom. The van der Waals surface area contributed by atoms with Crippen molar-refractivity contribution >= 4 is 184 Å². The molecule has 8 radical (unpaired) electrons. The molecule has 48 heteroatoms. The van der Waals surface area contributed by atoms with E-state index >= 15 is 0 Å². The first kappa shape index (κ1) is 119. The fourth-order valence-corrected chi connectivity index (χ4v) is 52.1. The van der Waals surface area contributed by atoms with Crippen LogP contribution in [0.2, 0.25) is 78.6 Å². The van der Waals surface area contributed by atoms with E-state index in [1.165, 1.54) is 42.4 Å². The molecule has 0 atom stereocenters. The zero-order chi connectivity index (χ0) is 107. The van der Waals surface area contributed by atoms with Gasteiger partial charge in [-0.2, -0.15) is 0 Å². The van der Waals surface area contributed by atoms with Gasteiger partial charge in [0.25, 0.3) is 0 Å². The van der Waals surface area contributed by atoms with Gasteiger partial charge in [-0.1, -0.05) is 321 Å². The van der Waals surface area contributed by atoms with Crippen molar-refractivity contribution in [1.82, 2.24) is 0 Å². The van der Waals surface area contributed by atoms with E-state index in [2.05, 4.69) is 333 Å². The molecule has 0 unspecified atom stereocenters. The average molecular weight is 2320 g/mol. The Morgan fingerprint density at radius 3 is 0.329 bits per heavy atom. The average Bonchev–Trinajstić information content (AvgIpc) is 0.698. The predicted octanol–water partition coefficient (Wildman–Crippen LogP) is 23.1. The maximum Gasteiger partial charge on any atom is 0.392 e. The van der Waals surface area contributed by atoms with Gasteiger partial charge in [-0.15, -0.1) is 28.2 Å². The summed E-state index contributed by atoms with van der Waals surface area (Å²) in [6.45, 7) is 28.4. The van der Waals surface area contributed by atoms with Gasteiger partial charge in [0.1, 0.15) is 69.8 Å². The molecule has 0 bridgehead atoms. The summed E-state index contributed by atoms with van der Waals surface area (Å²) in [5, 5.41) is 26.6. The maximum absolute atomic E-state index is 14.5. The van der Waals surface area contributed by atoms with Crippen LogP contribution in [0.5, 0.6) is 0 Å². The third-order valence-corrected chi connectivity index (χ3v) is 50.4. The summed E-state index contributed by atoms with van der Waals surface area (Å²) < 4.78 is 444. The standard InChI is InChI=1S/2C31H39N2P2Si2.2C18H2BF15O.2Ge/c2*1-36(2,3)32-34(28-19-11-7-12-20-28,29-21-13-8-14-22-29)27-35(33-37(4,5)6,30-23-15-9-16-24-30)31-25-17-10-18-26-31;2*20-4-1(5(21)11(27)16(32)10(4)26)19(35,2-6(22)12(28)17(33)13(29)7(2)23)3-8(24)14(30)18(34)15(31)9(3)25;;/h2*7-27H,1-6H3;2*35H2;;/q2*-1;;;;. The van der Waals surface area contributed by atoms with Crippen molar-refractivity contribution in [3.63, 3.8) is 0 Å². The molecule has 14 aromatic rings. The molecule has 4 N–H and O–H groups in total. The van der Waals surface area contributed by atoms with Crippen molar-refractivity contribution in [2.45, 2.75) is 78.6 Å². The van der Waals surface area contributed by atoms with Crippen LogP contribution in [-0.4, -0.2) is 90.9 Å². The van der Waals surface area contributed by atoms with E-state index in [0.717, 1.165) is 0 Å². The van der Waals surface area contributed by atoms with Crippen LogP contribution in [0, 0.1) is 186 Å². The Bertz CT molecular complexity index is 6130. The largest absolute Gasteiger partial charge is 0.681 e. The number of benzene rings is 14. The van der Waals surface area contributed by atoms with Crippen molar-refractivity contribution in [3.8, 4) is 0 Å². The second kappa shape index (κ2) is 46.6. The van der Waals surface area contributed by atoms with Gasteiger partial charge in [0.15, 0.2) is 138 Å². The quantitative estimate of drug-likeness (QED) is 0.0123. The number of rotatable bonds is 22. The van der Waals surface area contributed by atoms with Crippen LogP contribution in [0.25, 0.3) is 0 Å². The number of hydrogen-bond acceptors (Lipinski definition) is 4. The molecule has 0 aromatic heterocycles. The van der Waals surface area contributed by atoms with E-state index in [-0.39, 0.29) is 35.2 Å². The third kappa shape index (κ3) is 23.4. The monoisotopic (exact) mass is 2320 g/mol. The Morgan fingerprint density at radius 2 is 0.247 bits per heavy atom. The molecule has 768 valence electrons. The van der Waals surface area contributed by atoms with Crippen LogP contribution in [0.4, 0.5) is 132 Å². The Kier molecular flexibility index (Phi) is 38.1. The minimum atomic E-state index is -6.16. The number of halogens is 30.